The van der Waals surface area contributed by atoms with Crippen molar-refractivity contribution in [1.29, 1.82) is 0 Å². The van der Waals surface area contributed by atoms with Gasteiger partial charge in [0.15, 0.2) is 0 Å². The lowest BCUT2D eigenvalue weighted by Gasteiger charge is -2.21. The zero-order chi connectivity index (χ0) is 19.8. The standard InChI is InChI=1S/C23H34O3Si/c1-6-19-9-11-20(12-10-19)23-14-13-22(24)16-21(23)8-7-15-27(25-17(2)3)26-18(4)5/h9-14,16-18,24,27H,6-8,15H2,1-5H3. The molecule has 2 aromatic rings. The molecule has 2 aromatic carbocycles. The molecule has 0 radical (unpaired) electrons. The minimum atomic E-state index is -1.67. The van der Waals surface area contributed by atoms with Gasteiger partial charge < -0.3 is 14.0 Å². The summed E-state index contributed by atoms with van der Waals surface area (Å²) < 4.78 is 12.1. The van der Waals surface area contributed by atoms with Gasteiger partial charge in [0, 0.05) is 12.2 Å². The summed E-state index contributed by atoms with van der Waals surface area (Å²) in [7, 11) is -1.67. The molecule has 0 aliphatic rings. The van der Waals surface area contributed by atoms with Crippen LogP contribution in [0.1, 0.15) is 52.2 Å². The van der Waals surface area contributed by atoms with Crippen molar-refractivity contribution in [3.8, 4) is 16.9 Å². The van der Waals surface area contributed by atoms with Crippen LogP contribution in [-0.2, 0) is 21.7 Å². The van der Waals surface area contributed by atoms with E-state index in [1.807, 2.05) is 12.1 Å². The molecule has 148 valence electrons. The fourth-order valence-electron chi connectivity index (χ4n) is 3.22. The molecule has 1 N–H and O–H groups in total. The van der Waals surface area contributed by atoms with Crippen molar-refractivity contribution in [3.05, 3.63) is 53.6 Å². The Morgan fingerprint density at radius 2 is 1.56 bits per heavy atom. The predicted molar refractivity (Wildman–Crippen MR) is 116 cm³/mol. The molecule has 0 saturated heterocycles. The van der Waals surface area contributed by atoms with Gasteiger partial charge in [-0.25, -0.2) is 0 Å². The molecule has 0 spiro atoms. The summed E-state index contributed by atoms with van der Waals surface area (Å²) in [6, 6.07) is 15.4. The maximum atomic E-state index is 9.97. The Labute approximate surface area is 166 Å². The third-order valence-corrected chi connectivity index (χ3v) is 7.07. The molecule has 0 bridgehead atoms. The number of hydrogen-bond acceptors (Lipinski definition) is 3. The second-order valence-corrected chi connectivity index (χ2v) is 9.56. The van der Waals surface area contributed by atoms with Gasteiger partial charge in [-0.3, -0.25) is 0 Å². The summed E-state index contributed by atoms with van der Waals surface area (Å²) >= 11 is 0. The monoisotopic (exact) mass is 386 g/mol. The molecule has 0 aliphatic carbocycles. The maximum Gasteiger partial charge on any atom is 0.321 e. The van der Waals surface area contributed by atoms with E-state index in [9.17, 15) is 5.11 Å². The van der Waals surface area contributed by atoms with Gasteiger partial charge in [-0.15, -0.1) is 0 Å². The van der Waals surface area contributed by atoms with Crippen LogP contribution in [0.5, 0.6) is 5.75 Å². The highest BCUT2D eigenvalue weighted by atomic mass is 28.3. The number of aryl methyl sites for hydroxylation is 2. The lowest BCUT2D eigenvalue weighted by molar-refractivity contribution is 0.129. The molecular formula is C23H34O3Si. The Balaban J connectivity index is 2.09. The average molecular weight is 387 g/mol. The molecule has 2 rings (SSSR count). The first-order chi connectivity index (χ1) is 12.9. The van der Waals surface area contributed by atoms with Gasteiger partial charge in [0.2, 0.25) is 0 Å². The molecule has 27 heavy (non-hydrogen) atoms. The molecule has 0 aromatic heterocycles. The molecule has 0 fully saturated rings. The Morgan fingerprint density at radius 1 is 0.926 bits per heavy atom. The van der Waals surface area contributed by atoms with Gasteiger partial charge in [0.05, 0.1) is 0 Å². The molecule has 0 amide bonds. The molecule has 0 heterocycles. The first kappa shape index (κ1) is 21.7. The Kier molecular flexibility index (Phi) is 8.54. The van der Waals surface area contributed by atoms with E-state index in [1.54, 1.807) is 6.07 Å². The zero-order valence-corrected chi connectivity index (χ0v) is 18.5. The van der Waals surface area contributed by atoms with Gasteiger partial charge in [-0.1, -0.05) is 37.3 Å². The summed E-state index contributed by atoms with van der Waals surface area (Å²) in [5.41, 5.74) is 4.92. The molecular weight excluding hydrogens is 352 g/mol. The quantitative estimate of drug-likeness (QED) is 0.538. The van der Waals surface area contributed by atoms with E-state index < -0.39 is 9.28 Å². The van der Waals surface area contributed by atoms with Crippen LogP contribution in [0.4, 0.5) is 0 Å². The molecule has 3 nitrogen and oxygen atoms in total. The van der Waals surface area contributed by atoms with Crippen molar-refractivity contribution >= 4 is 9.28 Å². The maximum absolute atomic E-state index is 9.97. The van der Waals surface area contributed by atoms with E-state index in [4.69, 9.17) is 8.85 Å². The van der Waals surface area contributed by atoms with E-state index in [2.05, 4.69) is 58.9 Å². The summed E-state index contributed by atoms with van der Waals surface area (Å²) in [5, 5.41) is 9.97. The average Bonchev–Trinajstić information content (AvgIpc) is 2.61. The smallest absolute Gasteiger partial charge is 0.321 e. The highest BCUT2D eigenvalue weighted by Crippen LogP contribution is 2.29. The van der Waals surface area contributed by atoms with Gasteiger partial charge in [-0.05, 0) is 87.4 Å². The number of phenols is 1. The molecule has 4 heteroatoms. The lowest BCUT2D eigenvalue weighted by atomic mass is 9.95. The van der Waals surface area contributed by atoms with Crippen molar-refractivity contribution in [2.45, 2.75) is 72.1 Å². The van der Waals surface area contributed by atoms with Crippen LogP contribution in [-0.4, -0.2) is 26.6 Å². The fraction of sp³-hybridized carbons (Fsp3) is 0.478. The number of aromatic hydroxyl groups is 1. The topological polar surface area (TPSA) is 38.7 Å². The lowest BCUT2D eigenvalue weighted by Crippen LogP contribution is -2.29. The number of phenolic OH excluding ortho intramolecular Hbond substituents is 1. The van der Waals surface area contributed by atoms with Crippen LogP contribution < -0.4 is 0 Å². The van der Waals surface area contributed by atoms with Crippen LogP contribution in [0, 0.1) is 0 Å². The summed E-state index contributed by atoms with van der Waals surface area (Å²) in [5.74, 6) is 0.324. The summed E-state index contributed by atoms with van der Waals surface area (Å²) in [6.07, 6.45) is 3.36. The first-order valence-electron chi connectivity index (χ1n) is 10.1. The van der Waals surface area contributed by atoms with Gasteiger partial charge in [-0.2, -0.15) is 0 Å². The van der Waals surface area contributed by atoms with Crippen molar-refractivity contribution < 1.29 is 14.0 Å². The Morgan fingerprint density at radius 3 is 2.11 bits per heavy atom. The van der Waals surface area contributed by atoms with Crippen LogP contribution in [0.15, 0.2) is 42.5 Å². The van der Waals surface area contributed by atoms with E-state index in [-0.39, 0.29) is 12.2 Å². The Hall–Kier alpha value is -1.62. The summed E-state index contributed by atoms with van der Waals surface area (Å²) in [4.78, 5) is 0. The fourth-order valence-corrected chi connectivity index (χ4v) is 5.31. The molecule has 0 aliphatic heterocycles. The molecule has 0 unspecified atom stereocenters. The van der Waals surface area contributed by atoms with E-state index in [0.717, 1.165) is 25.3 Å². The minimum absolute atomic E-state index is 0.203. The molecule has 0 atom stereocenters. The first-order valence-corrected chi connectivity index (χ1v) is 11.9. The third kappa shape index (κ3) is 7.13. The zero-order valence-electron chi connectivity index (χ0n) is 17.4. The normalized spacial score (nSPS) is 11.7. The van der Waals surface area contributed by atoms with Gasteiger partial charge >= 0.3 is 9.28 Å². The number of rotatable bonds is 10. The highest BCUT2D eigenvalue weighted by molar-refractivity contribution is 6.44. The van der Waals surface area contributed by atoms with Crippen molar-refractivity contribution in [2.75, 3.05) is 0 Å². The van der Waals surface area contributed by atoms with E-state index >= 15 is 0 Å². The number of hydrogen-bond donors (Lipinski definition) is 1. The minimum Gasteiger partial charge on any atom is -0.508 e. The van der Waals surface area contributed by atoms with E-state index in [1.165, 1.54) is 22.3 Å². The summed E-state index contributed by atoms with van der Waals surface area (Å²) in [6.45, 7) is 10.4. The second-order valence-electron chi connectivity index (χ2n) is 7.58. The van der Waals surface area contributed by atoms with Crippen molar-refractivity contribution in [2.24, 2.45) is 0 Å². The predicted octanol–water partition coefficient (Wildman–Crippen LogP) is 5.62. The SMILES string of the molecule is CCc1ccc(-c2ccc(O)cc2CCC[SiH](OC(C)C)OC(C)C)cc1. The van der Waals surface area contributed by atoms with Crippen LogP contribution in [0.3, 0.4) is 0 Å². The largest absolute Gasteiger partial charge is 0.508 e. The number of benzene rings is 2. The third-order valence-electron chi connectivity index (χ3n) is 4.50. The van der Waals surface area contributed by atoms with Crippen molar-refractivity contribution in [3.63, 3.8) is 0 Å². The van der Waals surface area contributed by atoms with Gasteiger partial charge in [0.25, 0.3) is 0 Å². The Bertz CT molecular complexity index is 685. The highest BCUT2D eigenvalue weighted by Gasteiger charge is 2.17. The van der Waals surface area contributed by atoms with Crippen LogP contribution in [0.2, 0.25) is 6.04 Å². The van der Waals surface area contributed by atoms with Crippen LogP contribution in [0.25, 0.3) is 11.1 Å². The van der Waals surface area contributed by atoms with E-state index in [0.29, 0.717) is 5.75 Å². The second kappa shape index (κ2) is 10.6. The van der Waals surface area contributed by atoms with Crippen molar-refractivity contribution in [1.82, 2.24) is 0 Å². The van der Waals surface area contributed by atoms with Gasteiger partial charge in [0.1, 0.15) is 5.75 Å². The van der Waals surface area contributed by atoms with Crippen LogP contribution >= 0.6 is 0 Å². The molecule has 0 saturated carbocycles.